The van der Waals surface area contributed by atoms with E-state index in [2.05, 4.69) is 19.1 Å². The molecular formula is C27H55NO2P+. The van der Waals surface area contributed by atoms with E-state index >= 15 is 0 Å². The molecule has 0 radical (unpaired) electrons. The third kappa shape index (κ3) is 14.4. The van der Waals surface area contributed by atoms with E-state index in [4.69, 9.17) is 0 Å². The number of hydrogen-bond donors (Lipinski definition) is 0. The molecule has 0 saturated carbocycles. The highest BCUT2D eigenvalue weighted by Crippen LogP contribution is 2.43. The molecule has 0 aromatic heterocycles. The van der Waals surface area contributed by atoms with Crippen LogP contribution in [-0.2, 0) is 9.13 Å². The summed E-state index contributed by atoms with van der Waals surface area (Å²) in [6.45, 7) is 4.29. The lowest BCUT2D eigenvalue weighted by molar-refractivity contribution is -0.908. The Morgan fingerprint density at radius 1 is 0.613 bits per heavy atom. The highest BCUT2D eigenvalue weighted by atomic mass is 31.1. The zero-order valence-electron chi connectivity index (χ0n) is 21.8. The van der Waals surface area contributed by atoms with Crippen molar-refractivity contribution >= 4 is 7.68 Å². The highest BCUT2D eigenvalue weighted by molar-refractivity contribution is 7.32. The van der Waals surface area contributed by atoms with Gasteiger partial charge < -0.3 is 4.48 Å². The van der Waals surface area contributed by atoms with E-state index in [1.807, 2.05) is 28.1 Å². The Kier molecular flexibility index (Phi) is 18.9. The SMILES string of the molecule is CCCCCCCCCCC=CCCCCCCCCCC(CC)(P(=O)=O)[N+](C)(C)C. The number of hydrogen-bond acceptors (Lipinski definition) is 2. The zero-order valence-corrected chi connectivity index (χ0v) is 22.7. The molecule has 0 bridgehead atoms. The highest BCUT2D eigenvalue weighted by Gasteiger charge is 2.46. The third-order valence-corrected chi connectivity index (χ3v) is 8.81. The summed E-state index contributed by atoms with van der Waals surface area (Å²) in [6.07, 6.45) is 28.6. The summed E-state index contributed by atoms with van der Waals surface area (Å²) < 4.78 is 24.4. The average Bonchev–Trinajstić information content (AvgIpc) is 2.71. The van der Waals surface area contributed by atoms with E-state index < -0.39 is 13.0 Å². The lowest BCUT2D eigenvalue weighted by Gasteiger charge is -2.40. The first-order chi connectivity index (χ1) is 14.8. The normalized spacial score (nSPS) is 14.2. The van der Waals surface area contributed by atoms with Crippen LogP contribution >= 0.6 is 7.68 Å². The first-order valence-corrected chi connectivity index (χ1v) is 14.6. The van der Waals surface area contributed by atoms with Gasteiger partial charge in [-0.25, -0.2) is 9.13 Å². The molecule has 0 aromatic carbocycles. The Morgan fingerprint density at radius 3 is 1.35 bits per heavy atom. The van der Waals surface area contributed by atoms with Crippen LogP contribution in [0.2, 0.25) is 0 Å². The average molecular weight is 457 g/mol. The van der Waals surface area contributed by atoms with Crippen LogP contribution in [0.25, 0.3) is 0 Å². The molecule has 0 aromatic rings. The second kappa shape index (κ2) is 19.1. The van der Waals surface area contributed by atoms with Crippen LogP contribution in [0.4, 0.5) is 0 Å². The topological polar surface area (TPSA) is 34.1 Å². The van der Waals surface area contributed by atoms with Gasteiger partial charge in [0.15, 0.2) is 0 Å². The largest absolute Gasteiger partial charge is 0.378 e. The van der Waals surface area contributed by atoms with Crippen LogP contribution in [0.5, 0.6) is 0 Å². The molecule has 0 rings (SSSR count). The Bertz CT molecular complexity index is 500. The van der Waals surface area contributed by atoms with E-state index in [1.54, 1.807) is 0 Å². The van der Waals surface area contributed by atoms with Gasteiger partial charge in [-0.15, -0.1) is 0 Å². The van der Waals surface area contributed by atoms with Crippen molar-refractivity contribution in [1.29, 1.82) is 0 Å². The van der Waals surface area contributed by atoms with Crippen molar-refractivity contribution in [2.75, 3.05) is 21.1 Å². The first kappa shape index (κ1) is 30.6. The molecule has 3 nitrogen and oxygen atoms in total. The Labute approximate surface area is 195 Å². The molecule has 0 saturated heterocycles. The standard InChI is InChI=1S/C27H55NO2P/c1-6-8-9-10-11-12-13-14-15-16-17-18-19-20-21-22-23-24-25-26-27(7-2,31(29)30)28(3,4)5/h16-17H,6-15,18-26H2,1-5H3/q+1. The summed E-state index contributed by atoms with van der Waals surface area (Å²) in [6, 6.07) is 0. The van der Waals surface area contributed by atoms with Gasteiger partial charge in [0.05, 0.1) is 21.1 Å². The fourth-order valence-corrected chi connectivity index (χ4v) is 5.73. The van der Waals surface area contributed by atoms with Crippen molar-refractivity contribution in [1.82, 2.24) is 0 Å². The van der Waals surface area contributed by atoms with Crippen molar-refractivity contribution in [2.45, 2.75) is 141 Å². The molecule has 0 heterocycles. The number of unbranched alkanes of at least 4 members (excludes halogenated alkanes) is 15. The monoisotopic (exact) mass is 456 g/mol. The molecule has 0 fully saturated rings. The van der Waals surface area contributed by atoms with E-state index in [1.165, 1.54) is 96.3 Å². The molecule has 4 heteroatoms. The summed E-state index contributed by atoms with van der Waals surface area (Å²) in [5.41, 5.74) is 0. The molecule has 184 valence electrons. The van der Waals surface area contributed by atoms with Gasteiger partial charge in [-0.05, 0) is 32.1 Å². The van der Waals surface area contributed by atoms with E-state index in [-0.39, 0.29) is 0 Å². The second-order valence-corrected chi connectivity index (χ2v) is 11.7. The van der Waals surface area contributed by atoms with Crippen molar-refractivity contribution in [3.8, 4) is 0 Å². The van der Waals surface area contributed by atoms with Crippen LogP contribution in [0.3, 0.4) is 0 Å². The van der Waals surface area contributed by atoms with Gasteiger partial charge in [0.2, 0.25) is 5.28 Å². The summed E-state index contributed by atoms with van der Waals surface area (Å²) in [5, 5.41) is -0.601. The molecule has 0 N–H and O–H groups in total. The smallest absolute Gasteiger partial charge is 0.314 e. The summed E-state index contributed by atoms with van der Waals surface area (Å²) in [4.78, 5) is 0. The predicted octanol–water partition coefficient (Wildman–Crippen LogP) is 9.57. The maximum Gasteiger partial charge on any atom is 0.378 e. The quantitative estimate of drug-likeness (QED) is 0.0703. The number of rotatable bonds is 22. The summed E-state index contributed by atoms with van der Waals surface area (Å²) in [7, 11) is 3.62. The van der Waals surface area contributed by atoms with Gasteiger partial charge >= 0.3 is 7.68 Å². The van der Waals surface area contributed by atoms with Crippen molar-refractivity contribution in [3.63, 3.8) is 0 Å². The first-order valence-electron chi connectivity index (χ1n) is 13.4. The fraction of sp³-hybridized carbons (Fsp3) is 0.926. The van der Waals surface area contributed by atoms with Gasteiger partial charge in [-0.3, -0.25) is 0 Å². The van der Waals surface area contributed by atoms with Crippen molar-refractivity contribution < 1.29 is 13.6 Å². The minimum absolute atomic E-state index is 0.509. The molecule has 0 aliphatic carbocycles. The zero-order chi connectivity index (χ0) is 23.4. The molecule has 1 atom stereocenters. The molecule has 0 aliphatic rings. The lowest BCUT2D eigenvalue weighted by Crippen LogP contribution is -2.53. The number of allylic oxidation sites excluding steroid dienone is 2. The van der Waals surface area contributed by atoms with Gasteiger partial charge in [0.1, 0.15) is 0 Å². The second-order valence-electron chi connectivity index (χ2n) is 10.4. The van der Waals surface area contributed by atoms with Crippen molar-refractivity contribution in [3.05, 3.63) is 12.2 Å². The number of quaternary nitrogens is 1. The Morgan fingerprint density at radius 2 is 1.00 bits per heavy atom. The van der Waals surface area contributed by atoms with Crippen LogP contribution in [0.15, 0.2) is 12.2 Å². The van der Waals surface area contributed by atoms with Gasteiger partial charge in [0, 0.05) is 12.8 Å². The Balaban J connectivity index is 3.57. The molecule has 0 spiro atoms. The van der Waals surface area contributed by atoms with E-state index in [9.17, 15) is 9.13 Å². The van der Waals surface area contributed by atoms with E-state index in [0.29, 0.717) is 10.9 Å². The van der Waals surface area contributed by atoms with E-state index in [0.717, 1.165) is 19.3 Å². The summed E-state index contributed by atoms with van der Waals surface area (Å²) >= 11 is 0. The molecule has 1 unspecified atom stereocenters. The van der Waals surface area contributed by atoms with Gasteiger partial charge in [-0.2, -0.15) is 0 Å². The number of nitrogens with zero attached hydrogens (tertiary/aromatic N) is 1. The van der Waals surface area contributed by atoms with Crippen LogP contribution in [0.1, 0.15) is 136 Å². The van der Waals surface area contributed by atoms with Crippen LogP contribution < -0.4 is 0 Å². The van der Waals surface area contributed by atoms with Crippen LogP contribution in [0, 0.1) is 0 Å². The maximum absolute atomic E-state index is 11.9. The summed E-state index contributed by atoms with van der Waals surface area (Å²) in [5.74, 6) is 0. The van der Waals surface area contributed by atoms with Gasteiger partial charge in [0.25, 0.3) is 0 Å². The molecule has 0 amide bonds. The van der Waals surface area contributed by atoms with Crippen molar-refractivity contribution in [2.24, 2.45) is 0 Å². The molecule has 0 aliphatic heterocycles. The van der Waals surface area contributed by atoms with Gasteiger partial charge in [-0.1, -0.05) is 103 Å². The predicted molar refractivity (Wildman–Crippen MR) is 137 cm³/mol. The minimum atomic E-state index is -2.42. The molecular weight excluding hydrogens is 401 g/mol. The molecule has 31 heavy (non-hydrogen) atoms. The minimum Gasteiger partial charge on any atom is -0.314 e. The Hall–Kier alpha value is -0.400. The lowest BCUT2D eigenvalue weighted by atomic mass is 10.0. The van der Waals surface area contributed by atoms with Crippen LogP contribution in [-0.4, -0.2) is 30.9 Å². The fourth-order valence-electron chi connectivity index (χ4n) is 4.64. The maximum atomic E-state index is 11.9. The third-order valence-electron chi connectivity index (χ3n) is 6.99.